The lowest BCUT2D eigenvalue weighted by molar-refractivity contribution is -0.592. The Hall–Kier alpha value is -1.46. The summed E-state index contributed by atoms with van der Waals surface area (Å²) in [5.74, 6) is 0.562. The van der Waals surface area contributed by atoms with Crippen LogP contribution in [0.2, 0.25) is 0 Å². The van der Waals surface area contributed by atoms with Crippen LogP contribution in [0.4, 0.5) is 0 Å². The quantitative estimate of drug-likeness (QED) is 0.683. The van der Waals surface area contributed by atoms with E-state index in [-0.39, 0.29) is 15.8 Å². The fourth-order valence-electron chi connectivity index (χ4n) is 3.58. The molecule has 3 unspecified atom stereocenters. The largest absolute Gasteiger partial charge is 0.339 e. The summed E-state index contributed by atoms with van der Waals surface area (Å²) in [5, 5.41) is 0. The summed E-state index contributed by atoms with van der Waals surface area (Å²) < 4.78 is 0.0761. The third kappa shape index (κ3) is 1.70. The lowest BCUT2D eigenvalue weighted by Crippen LogP contribution is -2.42. The zero-order chi connectivity index (χ0) is 13.7. The van der Waals surface area contributed by atoms with Crippen molar-refractivity contribution in [2.45, 2.75) is 31.7 Å². The Kier molecular flexibility index (Phi) is 2.62. The van der Waals surface area contributed by atoms with Gasteiger partial charge in [-0.25, -0.2) is 0 Å². The van der Waals surface area contributed by atoms with E-state index in [1.54, 1.807) is 25.0 Å². The summed E-state index contributed by atoms with van der Waals surface area (Å²) in [6.45, 7) is 0.772. The van der Waals surface area contributed by atoms with Crippen LogP contribution in [0.5, 0.6) is 0 Å². The number of amides is 1. The molecular formula is C14H16ClN4O+. The fraction of sp³-hybridized carbons (Fsp3) is 0.500. The highest BCUT2D eigenvalue weighted by Crippen LogP contribution is 2.40. The number of carbonyl (C=O) groups is 1. The van der Waals surface area contributed by atoms with E-state index in [0.717, 1.165) is 37.2 Å². The van der Waals surface area contributed by atoms with Crippen LogP contribution in [-0.4, -0.2) is 39.9 Å². The minimum atomic E-state index is 0.0761. The average Bonchev–Trinajstić information content (AvgIpc) is 2.99. The fourth-order valence-corrected chi connectivity index (χ4v) is 3.80. The molecule has 4 aliphatic rings. The summed E-state index contributed by atoms with van der Waals surface area (Å²) in [4.78, 5) is 22.7. The van der Waals surface area contributed by atoms with Crippen LogP contribution in [-0.2, 0) is 4.79 Å². The molecule has 104 valence electrons. The molecule has 4 rings (SSSR count). The molecular weight excluding hydrogens is 276 g/mol. The van der Waals surface area contributed by atoms with Gasteiger partial charge < -0.3 is 4.90 Å². The maximum atomic E-state index is 11.9. The van der Waals surface area contributed by atoms with Crippen molar-refractivity contribution >= 4 is 30.2 Å². The predicted octanol–water partition coefficient (Wildman–Crippen LogP) is 2.17. The zero-order valence-corrected chi connectivity index (χ0v) is 11.8. The summed E-state index contributed by atoms with van der Waals surface area (Å²) in [5.41, 5.74) is 1.91. The molecule has 0 aromatic heterocycles. The number of piperidine rings is 1. The molecule has 3 atom stereocenters. The minimum absolute atomic E-state index is 0.0761. The van der Waals surface area contributed by atoms with Crippen LogP contribution >= 0.6 is 11.8 Å². The smallest absolute Gasteiger partial charge is 0.222 e. The molecule has 6 heteroatoms. The number of halogens is 1. The van der Waals surface area contributed by atoms with Crippen molar-refractivity contribution in [1.82, 2.24) is 4.90 Å². The highest BCUT2D eigenvalue weighted by Gasteiger charge is 2.43. The van der Waals surface area contributed by atoms with Crippen LogP contribution in [0.25, 0.3) is 0 Å². The van der Waals surface area contributed by atoms with Crippen molar-refractivity contribution in [3.63, 3.8) is 0 Å². The summed E-state index contributed by atoms with van der Waals surface area (Å²) in [6, 6.07) is 0.449. The van der Waals surface area contributed by atoms with Crippen molar-refractivity contribution < 1.29 is 8.80 Å². The number of quaternary nitrogens is 1. The van der Waals surface area contributed by atoms with Crippen molar-refractivity contribution in [1.29, 1.82) is 0 Å². The Bertz CT molecular complexity index is 594. The second kappa shape index (κ2) is 4.27. The van der Waals surface area contributed by atoms with Crippen LogP contribution in [0, 0.1) is 5.92 Å². The van der Waals surface area contributed by atoms with Crippen LogP contribution in [0.1, 0.15) is 25.7 Å². The summed E-state index contributed by atoms with van der Waals surface area (Å²) in [7, 11) is 0. The molecule has 2 fully saturated rings. The predicted molar refractivity (Wildman–Crippen MR) is 76.7 cm³/mol. The topological polar surface area (TPSA) is 45.0 Å². The molecule has 0 N–H and O–H groups in total. The molecule has 0 bridgehead atoms. The molecule has 0 aromatic rings. The molecule has 0 aliphatic carbocycles. The summed E-state index contributed by atoms with van der Waals surface area (Å²) in [6.07, 6.45) is 10.9. The van der Waals surface area contributed by atoms with Crippen molar-refractivity contribution in [2.24, 2.45) is 15.9 Å². The van der Waals surface area contributed by atoms with E-state index < -0.39 is 0 Å². The molecule has 4 aliphatic heterocycles. The van der Waals surface area contributed by atoms with Gasteiger partial charge in [-0.2, -0.15) is 4.99 Å². The van der Waals surface area contributed by atoms with Gasteiger partial charge in [0.05, 0.1) is 12.4 Å². The van der Waals surface area contributed by atoms with Crippen LogP contribution < -0.4 is 0 Å². The van der Waals surface area contributed by atoms with Gasteiger partial charge in [0.1, 0.15) is 11.9 Å². The van der Waals surface area contributed by atoms with Crippen molar-refractivity contribution in [3.05, 3.63) is 23.8 Å². The molecule has 0 radical (unpaired) electrons. The first kappa shape index (κ1) is 12.3. The normalized spacial score (nSPS) is 38.6. The Balaban J connectivity index is 1.64. The molecule has 4 heterocycles. The molecule has 0 spiro atoms. The Morgan fingerprint density at radius 3 is 3.15 bits per heavy atom. The van der Waals surface area contributed by atoms with Gasteiger partial charge in [0.2, 0.25) is 17.9 Å². The number of aliphatic imine (C=N–C) groups is 2. The Morgan fingerprint density at radius 2 is 2.25 bits per heavy atom. The van der Waals surface area contributed by atoms with E-state index in [4.69, 9.17) is 11.8 Å². The summed E-state index contributed by atoms with van der Waals surface area (Å²) >= 11 is 6.50. The van der Waals surface area contributed by atoms with Gasteiger partial charge in [-0.1, -0.05) is 0 Å². The molecule has 1 amide bonds. The van der Waals surface area contributed by atoms with Gasteiger partial charge >= 0.3 is 0 Å². The molecule has 0 aromatic carbocycles. The number of fused-ring (bicyclic) bond motifs is 2. The number of allylic oxidation sites excluding steroid dienone is 1. The van der Waals surface area contributed by atoms with E-state index >= 15 is 0 Å². The van der Waals surface area contributed by atoms with Gasteiger partial charge in [0.25, 0.3) is 0 Å². The maximum absolute atomic E-state index is 11.9. The maximum Gasteiger partial charge on any atom is 0.222 e. The highest BCUT2D eigenvalue weighted by molar-refractivity contribution is 6.14. The van der Waals surface area contributed by atoms with Gasteiger partial charge in [0.15, 0.2) is 11.8 Å². The highest BCUT2D eigenvalue weighted by atomic mass is 35.5. The number of rotatable bonds is 1. The number of carbonyl (C=O) groups excluding carboxylic acids is 1. The van der Waals surface area contributed by atoms with Gasteiger partial charge in [-0.15, -0.1) is 4.00 Å². The van der Waals surface area contributed by atoms with Crippen molar-refractivity contribution in [2.75, 3.05) is 6.54 Å². The van der Waals surface area contributed by atoms with Gasteiger partial charge in [-0.3, -0.25) is 9.79 Å². The number of hydrogen-bond acceptors (Lipinski definition) is 3. The molecule has 2 saturated heterocycles. The zero-order valence-electron chi connectivity index (χ0n) is 11.1. The third-order valence-corrected chi connectivity index (χ3v) is 5.05. The van der Waals surface area contributed by atoms with Gasteiger partial charge in [0, 0.05) is 24.9 Å². The Labute approximate surface area is 122 Å². The first-order valence-electron chi connectivity index (χ1n) is 7.06. The molecule has 0 saturated carbocycles. The Morgan fingerprint density at radius 1 is 1.35 bits per heavy atom. The van der Waals surface area contributed by atoms with E-state index in [1.807, 2.05) is 4.90 Å². The SMILES string of the molecule is O=C1CCC2CCC(C3=C4C=NC=C[N+]4(Cl)C=N3)CN12. The average molecular weight is 292 g/mol. The first-order chi connectivity index (χ1) is 9.67. The van der Waals surface area contributed by atoms with Crippen molar-refractivity contribution in [3.8, 4) is 0 Å². The molecule has 5 nitrogen and oxygen atoms in total. The number of hydrogen-bond donors (Lipinski definition) is 0. The van der Waals surface area contributed by atoms with E-state index in [2.05, 4.69) is 9.98 Å². The standard InChI is InChI=1S/C14H16ClN4O/c15-19-6-5-16-7-12(19)14(17-9-19)10-1-2-11-3-4-13(20)18(11)8-10/h5-7,9-11H,1-4,8H2/q+1. The second-order valence-electron chi connectivity index (χ2n) is 5.79. The lowest BCUT2D eigenvalue weighted by Gasteiger charge is -2.35. The van der Waals surface area contributed by atoms with E-state index in [1.165, 1.54) is 0 Å². The first-order valence-corrected chi connectivity index (χ1v) is 7.39. The van der Waals surface area contributed by atoms with Crippen LogP contribution in [0.3, 0.4) is 0 Å². The van der Waals surface area contributed by atoms with E-state index in [9.17, 15) is 4.79 Å². The third-order valence-electron chi connectivity index (χ3n) is 4.67. The molecule has 20 heavy (non-hydrogen) atoms. The van der Waals surface area contributed by atoms with E-state index in [0.29, 0.717) is 12.5 Å². The monoisotopic (exact) mass is 291 g/mol. The number of nitrogens with zero attached hydrogens (tertiary/aromatic N) is 4. The van der Waals surface area contributed by atoms with Crippen LogP contribution in [0.15, 0.2) is 33.8 Å². The second-order valence-corrected chi connectivity index (χ2v) is 6.35. The minimum Gasteiger partial charge on any atom is -0.339 e. The lowest BCUT2D eigenvalue weighted by atomic mass is 9.90. The van der Waals surface area contributed by atoms with Gasteiger partial charge in [-0.05, 0) is 19.3 Å².